The van der Waals surface area contributed by atoms with Gasteiger partial charge in [-0.1, -0.05) is 36.4 Å². The molecule has 8 heteroatoms. The molecule has 1 saturated heterocycles. The summed E-state index contributed by atoms with van der Waals surface area (Å²) in [5, 5.41) is 6.78. The van der Waals surface area contributed by atoms with E-state index in [-0.39, 0.29) is 18.1 Å². The van der Waals surface area contributed by atoms with Crippen LogP contribution < -0.4 is 5.32 Å². The van der Waals surface area contributed by atoms with Crippen LogP contribution in [0.1, 0.15) is 26.5 Å². The van der Waals surface area contributed by atoms with Crippen molar-refractivity contribution in [2.45, 2.75) is 12.5 Å². The lowest BCUT2D eigenvalue weighted by Gasteiger charge is -2.11. The first-order valence-electron chi connectivity index (χ1n) is 8.53. The van der Waals surface area contributed by atoms with E-state index in [1.54, 1.807) is 22.9 Å². The van der Waals surface area contributed by atoms with Crippen molar-refractivity contribution in [1.82, 2.24) is 0 Å². The maximum Gasteiger partial charge on any atom is 0.347 e. The van der Waals surface area contributed by atoms with Crippen LogP contribution in [0.5, 0.6) is 0 Å². The molecule has 0 spiro atoms. The molecule has 3 aromatic rings. The summed E-state index contributed by atoms with van der Waals surface area (Å²) in [7, 11) is 0. The third-order valence-electron chi connectivity index (χ3n) is 4.19. The van der Waals surface area contributed by atoms with Crippen molar-refractivity contribution in [2.75, 3.05) is 11.9 Å². The Morgan fingerprint density at radius 2 is 1.93 bits per heavy atom. The molecule has 0 bridgehead atoms. The molecule has 6 nitrogen and oxygen atoms in total. The Labute approximate surface area is 168 Å². The molecule has 1 atom stereocenters. The van der Waals surface area contributed by atoms with Gasteiger partial charge in [0.05, 0.1) is 11.5 Å². The lowest BCUT2D eigenvalue weighted by molar-refractivity contribution is -0.145. The van der Waals surface area contributed by atoms with Gasteiger partial charge in [0.25, 0.3) is 5.91 Å². The van der Waals surface area contributed by atoms with Gasteiger partial charge in [-0.3, -0.25) is 4.79 Å². The maximum atomic E-state index is 12.9. The number of nitrogens with one attached hydrogen (secondary N) is 1. The zero-order valence-corrected chi connectivity index (χ0v) is 16.2. The topological polar surface area (TPSA) is 81.7 Å². The number of benzene rings is 1. The van der Waals surface area contributed by atoms with E-state index in [9.17, 15) is 14.4 Å². The average Bonchev–Trinajstić information content (AvgIpc) is 3.44. The normalized spacial score (nSPS) is 15.9. The van der Waals surface area contributed by atoms with Crippen LogP contribution in [0.25, 0.3) is 11.1 Å². The van der Waals surface area contributed by atoms with Crippen molar-refractivity contribution in [3.05, 3.63) is 63.7 Å². The summed E-state index contributed by atoms with van der Waals surface area (Å²) in [5.74, 6) is -1.51. The summed E-state index contributed by atoms with van der Waals surface area (Å²) >= 11 is 2.55. The highest BCUT2D eigenvalue weighted by molar-refractivity contribution is 7.15. The predicted molar refractivity (Wildman–Crippen MR) is 107 cm³/mol. The van der Waals surface area contributed by atoms with Crippen molar-refractivity contribution in [2.24, 2.45) is 0 Å². The minimum absolute atomic E-state index is 0.230. The minimum atomic E-state index is -0.920. The number of ether oxygens (including phenoxy) is 2. The van der Waals surface area contributed by atoms with Gasteiger partial charge in [-0.25, -0.2) is 9.59 Å². The van der Waals surface area contributed by atoms with Crippen LogP contribution >= 0.6 is 22.7 Å². The third kappa shape index (κ3) is 3.69. The number of thiophene rings is 2. The monoisotopic (exact) mass is 413 g/mol. The Morgan fingerprint density at radius 1 is 1.11 bits per heavy atom. The van der Waals surface area contributed by atoms with E-state index in [1.165, 1.54) is 22.7 Å². The van der Waals surface area contributed by atoms with Crippen molar-refractivity contribution in [3.63, 3.8) is 0 Å². The van der Waals surface area contributed by atoms with Gasteiger partial charge >= 0.3 is 11.9 Å². The first-order valence-corrected chi connectivity index (χ1v) is 10.3. The van der Waals surface area contributed by atoms with E-state index in [0.29, 0.717) is 21.9 Å². The lowest BCUT2D eigenvalue weighted by atomic mass is 10.0. The molecule has 142 valence electrons. The molecule has 4 rings (SSSR count). The quantitative estimate of drug-likeness (QED) is 0.634. The van der Waals surface area contributed by atoms with Crippen molar-refractivity contribution in [1.29, 1.82) is 0 Å². The number of cyclic esters (lactones) is 1. The van der Waals surface area contributed by atoms with Crippen molar-refractivity contribution < 1.29 is 23.9 Å². The molecule has 1 fully saturated rings. The summed E-state index contributed by atoms with van der Waals surface area (Å²) in [4.78, 5) is 37.6. The van der Waals surface area contributed by atoms with Crippen LogP contribution in [0.4, 0.5) is 5.00 Å². The lowest BCUT2D eigenvalue weighted by Crippen LogP contribution is -2.23. The van der Waals surface area contributed by atoms with Gasteiger partial charge < -0.3 is 14.8 Å². The van der Waals surface area contributed by atoms with Crippen LogP contribution in [0.2, 0.25) is 0 Å². The van der Waals surface area contributed by atoms with Gasteiger partial charge in [0.15, 0.2) is 0 Å². The highest BCUT2D eigenvalue weighted by Crippen LogP contribution is 2.37. The molecule has 1 aliphatic heterocycles. The summed E-state index contributed by atoms with van der Waals surface area (Å²) in [6.07, 6.45) is -0.594. The number of amides is 1. The van der Waals surface area contributed by atoms with Crippen molar-refractivity contribution >= 4 is 45.5 Å². The van der Waals surface area contributed by atoms with E-state index >= 15 is 0 Å². The molecule has 0 unspecified atom stereocenters. The molecule has 0 saturated carbocycles. The standard InChI is InChI=1S/C20H15NO5S2/c22-17(15-7-4-10-27-15)21-18-16(20(24)26-14-8-9-25-19(14)23)13(11-28-18)12-5-2-1-3-6-12/h1-7,10-11,14H,8-9H2,(H,21,22)/t14-/m0/s1. The summed E-state index contributed by atoms with van der Waals surface area (Å²) in [6.45, 7) is 0.230. The van der Waals surface area contributed by atoms with Gasteiger partial charge in [0.2, 0.25) is 6.10 Å². The SMILES string of the molecule is O=C(Nc1scc(-c2ccccc2)c1C(=O)O[C@H]1CCOC1=O)c1cccs1. The smallest absolute Gasteiger partial charge is 0.347 e. The fourth-order valence-electron chi connectivity index (χ4n) is 2.83. The third-order valence-corrected chi connectivity index (χ3v) is 5.95. The largest absolute Gasteiger partial charge is 0.463 e. The van der Waals surface area contributed by atoms with Gasteiger partial charge in [-0.15, -0.1) is 22.7 Å². The fraction of sp³-hybridized carbons (Fsp3) is 0.150. The number of anilines is 1. The van der Waals surface area contributed by atoms with Crippen LogP contribution in [-0.2, 0) is 14.3 Å². The van der Waals surface area contributed by atoms with Crippen LogP contribution in [0.15, 0.2) is 53.2 Å². The molecule has 1 N–H and O–H groups in total. The molecule has 2 aromatic heterocycles. The number of rotatable bonds is 5. The molecule has 1 aromatic carbocycles. The van der Waals surface area contributed by atoms with Crippen LogP contribution in [-0.4, -0.2) is 30.6 Å². The Hall–Kier alpha value is -2.97. The summed E-state index contributed by atoms with van der Waals surface area (Å²) in [6, 6.07) is 12.8. The van der Waals surface area contributed by atoms with E-state index < -0.39 is 18.0 Å². The molecule has 3 heterocycles. The average molecular weight is 413 g/mol. The highest BCUT2D eigenvalue weighted by atomic mass is 32.1. The number of esters is 2. The Kier molecular flexibility index (Phi) is 5.23. The second-order valence-electron chi connectivity index (χ2n) is 6.00. The maximum absolute atomic E-state index is 12.9. The predicted octanol–water partition coefficient (Wildman–Crippen LogP) is 4.20. The molecular formula is C20H15NO5S2. The highest BCUT2D eigenvalue weighted by Gasteiger charge is 2.33. The van der Waals surface area contributed by atoms with Gasteiger partial charge in [-0.05, 0) is 17.0 Å². The Balaban J connectivity index is 1.68. The second-order valence-corrected chi connectivity index (χ2v) is 7.83. The van der Waals surface area contributed by atoms with Crippen LogP contribution in [0.3, 0.4) is 0 Å². The first-order chi connectivity index (χ1) is 13.6. The van der Waals surface area contributed by atoms with E-state index in [1.807, 2.05) is 30.3 Å². The van der Waals surface area contributed by atoms with E-state index in [4.69, 9.17) is 9.47 Å². The zero-order chi connectivity index (χ0) is 19.5. The van der Waals surface area contributed by atoms with Gasteiger partial charge in [-0.2, -0.15) is 0 Å². The molecule has 1 aliphatic rings. The molecule has 28 heavy (non-hydrogen) atoms. The number of carbonyl (C=O) groups is 3. The summed E-state index contributed by atoms with van der Waals surface area (Å²) < 4.78 is 10.2. The first kappa shape index (κ1) is 18.4. The minimum Gasteiger partial charge on any atom is -0.463 e. The molecule has 1 amide bonds. The number of hydrogen-bond donors (Lipinski definition) is 1. The van der Waals surface area contributed by atoms with Gasteiger partial charge in [0.1, 0.15) is 10.6 Å². The number of hydrogen-bond acceptors (Lipinski definition) is 7. The van der Waals surface area contributed by atoms with E-state index in [2.05, 4.69) is 5.32 Å². The Bertz CT molecular complexity index is 1010. The fourth-order valence-corrected chi connectivity index (χ4v) is 4.40. The number of carbonyl (C=O) groups excluding carboxylic acids is 3. The van der Waals surface area contributed by atoms with Crippen LogP contribution in [0, 0.1) is 0 Å². The molecule has 0 aliphatic carbocycles. The van der Waals surface area contributed by atoms with E-state index in [0.717, 1.165) is 5.56 Å². The summed E-state index contributed by atoms with van der Waals surface area (Å²) in [5.41, 5.74) is 1.69. The second kappa shape index (κ2) is 7.95. The van der Waals surface area contributed by atoms with Crippen molar-refractivity contribution in [3.8, 4) is 11.1 Å². The molecule has 0 radical (unpaired) electrons. The van der Waals surface area contributed by atoms with Gasteiger partial charge in [0, 0.05) is 17.4 Å². The zero-order valence-electron chi connectivity index (χ0n) is 14.5. The molecular weight excluding hydrogens is 398 g/mol. The Morgan fingerprint density at radius 3 is 2.61 bits per heavy atom.